The average molecular weight is 526 g/mol. The van der Waals surface area contributed by atoms with E-state index < -0.39 is 0 Å². The Morgan fingerprint density at radius 1 is 1.14 bits per heavy atom. The van der Waals surface area contributed by atoms with Gasteiger partial charge in [0.05, 0.1) is 6.54 Å². The summed E-state index contributed by atoms with van der Waals surface area (Å²) in [7, 11) is 0. The van der Waals surface area contributed by atoms with E-state index >= 15 is 0 Å². The zero-order chi connectivity index (χ0) is 19.6. The summed E-state index contributed by atoms with van der Waals surface area (Å²) >= 11 is 1.87. The van der Waals surface area contributed by atoms with E-state index in [-0.39, 0.29) is 24.0 Å². The van der Waals surface area contributed by atoms with Crippen LogP contribution in [0.4, 0.5) is 5.82 Å². The largest absolute Gasteiger partial charge is 0.357 e. The topological polar surface area (TPSA) is 52.6 Å². The van der Waals surface area contributed by atoms with E-state index in [2.05, 4.69) is 76.8 Å². The van der Waals surface area contributed by atoms with Gasteiger partial charge in [0, 0.05) is 42.5 Å². The molecule has 5 nitrogen and oxygen atoms in total. The van der Waals surface area contributed by atoms with Crippen molar-refractivity contribution in [2.24, 2.45) is 4.99 Å². The molecule has 0 amide bonds. The van der Waals surface area contributed by atoms with E-state index in [4.69, 9.17) is 4.99 Å². The second-order valence-electron chi connectivity index (χ2n) is 7.04. The highest BCUT2D eigenvalue weighted by molar-refractivity contribution is 14.0. The number of aromatic nitrogens is 1. The molecule has 1 aromatic heterocycles. The second-order valence-corrected chi connectivity index (χ2v) is 8.55. The lowest BCUT2D eigenvalue weighted by Gasteiger charge is -2.17. The molecule has 0 bridgehead atoms. The average Bonchev–Trinajstić information content (AvgIpc) is 3.26. The number of halogens is 1. The molecule has 158 valence electrons. The second kappa shape index (κ2) is 13.0. The number of hydrogen-bond donors (Lipinski definition) is 2. The molecule has 1 unspecified atom stereocenters. The minimum atomic E-state index is 0. The Kier molecular flexibility index (Phi) is 10.6. The van der Waals surface area contributed by atoms with E-state index in [1.165, 1.54) is 17.7 Å². The number of thioether (sulfide) groups is 1. The number of benzene rings is 1. The number of anilines is 1. The van der Waals surface area contributed by atoms with Gasteiger partial charge >= 0.3 is 0 Å². The van der Waals surface area contributed by atoms with E-state index in [9.17, 15) is 0 Å². The Balaban J connectivity index is 0.00000300. The Bertz CT molecular complexity index is 733. The van der Waals surface area contributed by atoms with Gasteiger partial charge in [0.25, 0.3) is 0 Å². The van der Waals surface area contributed by atoms with Gasteiger partial charge in [-0.15, -0.1) is 35.7 Å². The first-order valence-electron chi connectivity index (χ1n) is 10.2. The summed E-state index contributed by atoms with van der Waals surface area (Å²) in [4.78, 5) is 13.0. The van der Waals surface area contributed by atoms with Gasteiger partial charge in [-0.1, -0.05) is 31.2 Å². The first-order valence-corrected chi connectivity index (χ1v) is 11.1. The number of guanidine groups is 1. The maximum absolute atomic E-state index is 4.72. The van der Waals surface area contributed by atoms with Gasteiger partial charge in [-0.25, -0.2) is 9.98 Å². The van der Waals surface area contributed by atoms with Gasteiger partial charge in [0.2, 0.25) is 0 Å². The van der Waals surface area contributed by atoms with Gasteiger partial charge in [-0.2, -0.15) is 0 Å². The molecule has 1 aliphatic heterocycles. The summed E-state index contributed by atoms with van der Waals surface area (Å²) in [6.45, 7) is 8.90. The smallest absolute Gasteiger partial charge is 0.191 e. The van der Waals surface area contributed by atoms with Gasteiger partial charge in [-0.3, -0.25) is 0 Å². The van der Waals surface area contributed by atoms with Crippen molar-refractivity contribution in [3.63, 3.8) is 0 Å². The van der Waals surface area contributed by atoms with E-state index in [1.54, 1.807) is 0 Å². The first-order chi connectivity index (χ1) is 13.7. The summed E-state index contributed by atoms with van der Waals surface area (Å²) in [6.07, 6.45) is 4.49. The van der Waals surface area contributed by atoms with Crippen molar-refractivity contribution in [1.82, 2.24) is 15.6 Å². The quantitative estimate of drug-likeness (QED) is 0.230. The number of hydrogen-bond acceptors (Lipinski definition) is 4. The Morgan fingerprint density at radius 3 is 2.55 bits per heavy atom. The van der Waals surface area contributed by atoms with Gasteiger partial charge in [0.15, 0.2) is 5.96 Å². The Morgan fingerprint density at radius 2 is 1.90 bits per heavy atom. The molecule has 0 aliphatic carbocycles. The monoisotopic (exact) mass is 525 g/mol. The number of nitrogens with one attached hydrogen (secondary N) is 2. The van der Waals surface area contributed by atoms with Crippen molar-refractivity contribution < 1.29 is 0 Å². The van der Waals surface area contributed by atoms with Crippen LogP contribution in [0.1, 0.15) is 32.3 Å². The third kappa shape index (κ3) is 8.04. The molecule has 0 radical (unpaired) electrons. The zero-order valence-electron chi connectivity index (χ0n) is 17.3. The molecule has 2 aromatic rings. The third-order valence-electron chi connectivity index (χ3n) is 4.64. The zero-order valence-corrected chi connectivity index (χ0v) is 20.5. The van der Waals surface area contributed by atoms with Crippen molar-refractivity contribution in [3.8, 4) is 0 Å². The molecule has 1 fully saturated rings. The molecule has 29 heavy (non-hydrogen) atoms. The fraction of sp³-hybridized carbons (Fsp3) is 0.455. The summed E-state index contributed by atoms with van der Waals surface area (Å²) in [5.74, 6) is 1.94. The van der Waals surface area contributed by atoms with Gasteiger partial charge in [-0.05, 0) is 43.5 Å². The van der Waals surface area contributed by atoms with Crippen LogP contribution in [-0.4, -0.2) is 42.4 Å². The van der Waals surface area contributed by atoms with Crippen molar-refractivity contribution in [2.75, 3.05) is 31.1 Å². The normalized spacial score (nSPS) is 15.0. The van der Waals surface area contributed by atoms with E-state index in [0.29, 0.717) is 11.8 Å². The lowest BCUT2D eigenvalue weighted by atomic mass is 10.3. The maximum atomic E-state index is 4.72. The summed E-state index contributed by atoms with van der Waals surface area (Å²) in [5.41, 5.74) is 1.13. The molecular weight excluding hydrogens is 493 g/mol. The van der Waals surface area contributed by atoms with Gasteiger partial charge in [0.1, 0.15) is 5.82 Å². The van der Waals surface area contributed by atoms with Crippen molar-refractivity contribution in [2.45, 2.75) is 43.4 Å². The standard InChI is InChI=1S/C22H31N5S.HI/c1-3-23-22(25-15-18(2)28-20-9-5-4-6-10-20)26-17-19-11-12-21(24-16-19)27-13-7-8-14-27;/h4-6,9-12,16,18H,3,7-8,13-15,17H2,1-2H3,(H2,23,25,26);1H. The molecular formula is C22H32IN5S. The van der Waals surface area contributed by atoms with Crippen molar-refractivity contribution >= 4 is 47.5 Å². The van der Waals surface area contributed by atoms with E-state index in [1.807, 2.05) is 18.0 Å². The van der Waals surface area contributed by atoms with Gasteiger partial charge < -0.3 is 15.5 Å². The highest BCUT2D eigenvalue weighted by atomic mass is 127. The fourth-order valence-corrected chi connectivity index (χ4v) is 4.11. The van der Waals surface area contributed by atoms with Crippen molar-refractivity contribution in [1.29, 1.82) is 0 Å². The maximum Gasteiger partial charge on any atom is 0.191 e. The molecule has 3 rings (SSSR count). The Hall–Kier alpha value is -1.48. The third-order valence-corrected chi connectivity index (χ3v) is 5.75. The van der Waals surface area contributed by atoms with E-state index in [0.717, 1.165) is 43.5 Å². The lowest BCUT2D eigenvalue weighted by molar-refractivity contribution is 0.794. The van der Waals surface area contributed by atoms with Crippen LogP contribution in [0.5, 0.6) is 0 Å². The number of aliphatic imine (C=N–C) groups is 1. The molecule has 7 heteroatoms. The van der Waals surface area contributed by atoms with Crippen LogP contribution in [0.15, 0.2) is 58.5 Å². The summed E-state index contributed by atoms with van der Waals surface area (Å²) < 4.78 is 0. The molecule has 2 heterocycles. The molecule has 1 aromatic carbocycles. The van der Waals surface area contributed by atoms with Crippen LogP contribution in [-0.2, 0) is 6.54 Å². The predicted molar refractivity (Wildman–Crippen MR) is 136 cm³/mol. The highest BCUT2D eigenvalue weighted by Crippen LogP contribution is 2.22. The predicted octanol–water partition coefficient (Wildman–Crippen LogP) is 4.54. The molecule has 2 N–H and O–H groups in total. The molecule has 1 aliphatic rings. The lowest BCUT2D eigenvalue weighted by Crippen LogP contribution is -2.40. The van der Waals surface area contributed by atoms with Crippen LogP contribution in [0.3, 0.4) is 0 Å². The molecule has 0 spiro atoms. The summed E-state index contributed by atoms with van der Waals surface area (Å²) in [5, 5.41) is 7.24. The molecule has 1 saturated heterocycles. The number of rotatable bonds is 8. The number of pyridine rings is 1. The van der Waals surface area contributed by atoms with Crippen molar-refractivity contribution in [3.05, 3.63) is 54.2 Å². The minimum Gasteiger partial charge on any atom is -0.357 e. The number of nitrogens with zero attached hydrogens (tertiary/aromatic N) is 3. The molecule has 1 atom stereocenters. The van der Waals surface area contributed by atoms with Crippen LogP contribution in [0, 0.1) is 0 Å². The van der Waals surface area contributed by atoms with Crippen LogP contribution < -0.4 is 15.5 Å². The summed E-state index contributed by atoms with van der Waals surface area (Å²) in [6, 6.07) is 14.8. The highest BCUT2D eigenvalue weighted by Gasteiger charge is 2.13. The van der Waals surface area contributed by atoms with Crippen LogP contribution in [0.25, 0.3) is 0 Å². The van der Waals surface area contributed by atoms with Crippen LogP contribution >= 0.6 is 35.7 Å². The minimum absolute atomic E-state index is 0. The SMILES string of the molecule is CCNC(=NCc1ccc(N2CCCC2)nc1)NCC(C)Sc1ccccc1.I. The van der Waals surface area contributed by atoms with Crippen LogP contribution in [0.2, 0.25) is 0 Å². The Labute approximate surface area is 196 Å². The molecule has 0 saturated carbocycles. The first kappa shape index (κ1) is 23.8. The fourth-order valence-electron chi connectivity index (χ4n) is 3.17.